The van der Waals surface area contributed by atoms with Crippen LogP contribution in [0.1, 0.15) is 65.4 Å². The standard InChI is InChI=1S/C23H33N3O2/c1-5-26(22(27)28-16-17-9-7-6-8-10-17)21-24-15-20(25-21)18-11-13-19(14-12-18)23(2,3)4/h11-15,17H,5-10,16H2,1-4H3,(H,24,25). The van der Waals surface area contributed by atoms with Gasteiger partial charge in [0.05, 0.1) is 18.5 Å². The van der Waals surface area contributed by atoms with Gasteiger partial charge >= 0.3 is 6.09 Å². The first kappa shape index (κ1) is 20.4. The number of anilines is 1. The number of nitrogens with zero attached hydrogens (tertiary/aromatic N) is 2. The van der Waals surface area contributed by atoms with E-state index in [1.807, 2.05) is 6.92 Å². The summed E-state index contributed by atoms with van der Waals surface area (Å²) in [6.45, 7) is 9.57. The maximum atomic E-state index is 12.6. The molecule has 28 heavy (non-hydrogen) atoms. The normalized spacial score (nSPS) is 15.4. The molecule has 0 radical (unpaired) electrons. The number of nitrogens with one attached hydrogen (secondary N) is 1. The quantitative estimate of drug-likeness (QED) is 0.697. The molecule has 1 N–H and O–H groups in total. The van der Waals surface area contributed by atoms with Crippen molar-refractivity contribution in [1.82, 2.24) is 9.97 Å². The average molecular weight is 384 g/mol. The highest BCUT2D eigenvalue weighted by Crippen LogP contribution is 2.27. The van der Waals surface area contributed by atoms with Crippen LogP contribution in [0.5, 0.6) is 0 Å². The van der Waals surface area contributed by atoms with Gasteiger partial charge in [0.25, 0.3) is 0 Å². The lowest BCUT2D eigenvalue weighted by molar-refractivity contribution is 0.122. The van der Waals surface area contributed by atoms with Gasteiger partial charge < -0.3 is 9.72 Å². The Morgan fingerprint density at radius 2 is 1.86 bits per heavy atom. The molecule has 1 amide bonds. The van der Waals surface area contributed by atoms with E-state index in [1.54, 1.807) is 11.1 Å². The third-order valence-electron chi connectivity index (χ3n) is 5.58. The number of rotatable bonds is 5. The lowest BCUT2D eigenvalue weighted by atomic mass is 9.86. The summed E-state index contributed by atoms with van der Waals surface area (Å²) in [6, 6.07) is 8.48. The van der Waals surface area contributed by atoms with E-state index in [4.69, 9.17) is 4.74 Å². The number of aromatic amines is 1. The molecule has 0 aliphatic heterocycles. The number of imidazole rings is 1. The molecule has 152 valence electrons. The smallest absolute Gasteiger partial charge is 0.416 e. The number of amides is 1. The number of hydrogen-bond donors (Lipinski definition) is 1. The SMILES string of the molecule is CCN(C(=O)OCC1CCCCC1)c1ncc(-c2ccc(C(C)(C)C)cc2)[nH]1. The van der Waals surface area contributed by atoms with Crippen LogP contribution in [0.3, 0.4) is 0 Å². The highest BCUT2D eigenvalue weighted by atomic mass is 16.6. The summed E-state index contributed by atoms with van der Waals surface area (Å²) in [5, 5.41) is 0. The Hall–Kier alpha value is -2.30. The summed E-state index contributed by atoms with van der Waals surface area (Å²) in [7, 11) is 0. The molecule has 1 saturated carbocycles. The van der Waals surface area contributed by atoms with Gasteiger partial charge in [0, 0.05) is 6.54 Å². The van der Waals surface area contributed by atoms with Gasteiger partial charge in [0.2, 0.25) is 5.95 Å². The molecule has 1 heterocycles. The number of ether oxygens (including phenoxy) is 1. The second-order valence-corrected chi connectivity index (χ2v) is 8.77. The van der Waals surface area contributed by atoms with Crippen molar-refractivity contribution in [3.8, 4) is 11.3 Å². The molecule has 1 fully saturated rings. The average Bonchev–Trinajstić information content (AvgIpc) is 3.17. The Labute approximate surface area is 168 Å². The van der Waals surface area contributed by atoms with Crippen LogP contribution in [-0.2, 0) is 10.2 Å². The third kappa shape index (κ3) is 4.94. The summed E-state index contributed by atoms with van der Waals surface area (Å²) < 4.78 is 5.58. The van der Waals surface area contributed by atoms with Crippen molar-refractivity contribution in [2.24, 2.45) is 5.92 Å². The molecule has 1 aliphatic carbocycles. The minimum atomic E-state index is -0.322. The molecule has 0 unspecified atom stereocenters. The maximum absolute atomic E-state index is 12.6. The molecule has 0 spiro atoms. The van der Waals surface area contributed by atoms with Gasteiger partial charge in [-0.15, -0.1) is 0 Å². The predicted molar refractivity (Wildman–Crippen MR) is 114 cm³/mol. The Morgan fingerprint density at radius 1 is 1.18 bits per heavy atom. The van der Waals surface area contributed by atoms with Crippen LogP contribution in [0.4, 0.5) is 10.7 Å². The first-order valence-electron chi connectivity index (χ1n) is 10.5. The van der Waals surface area contributed by atoms with Crippen molar-refractivity contribution >= 4 is 12.0 Å². The lowest BCUT2D eigenvalue weighted by Gasteiger charge is -2.23. The zero-order valence-electron chi connectivity index (χ0n) is 17.6. The fraction of sp³-hybridized carbons (Fsp3) is 0.565. The second kappa shape index (κ2) is 8.80. The van der Waals surface area contributed by atoms with E-state index in [-0.39, 0.29) is 11.5 Å². The molecule has 3 rings (SSSR count). The highest BCUT2D eigenvalue weighted by molar-refractivity contribution is 5.85. The molecule has 2 aromatic rings. The lowest BCUT2D eigenvalue weighted by Crippen LogP contribution is -2.33. The van der Waals surface area contributed by atoms with Gasteiger partial charge in [0.15, 0.2) is 0 Å². The van der Waals surface area contributed by atoms with E-state index in [1.165, 1.54) is 24.8 Å². The Kier molecular flexibility index (Phi) is 6.42. The number of H-pyrrole nitrogens is 1. The van der Waals surface area contributed by atoms with E-state index in [9.17, 15) is 4.79 Å². The van der Waals surface area contributed by atoms with Crippen LogP contribution in [0, 0.1) is 5.92 Å². The van der Waals surface area contributed by atoms with E-state index in [2.05, 4.69) is 55.0 Å². The second-order valence-electron chi connectivity index (χ2n) is 8.77. The van der Waals surface area contributed by atoms with Crippen LogP contribution in [-0.4, -0.2) is 29.2 Å². The largest absolute Gasteiger partial charge is 0.449 e. The monoisotopic (exact) mass is 383 g/mol. The van der Waals surface area contributed by atoms with Crippen molar-refractivity contribution in [3.63, 3.8) is 0 Å². The number of aromatic nitrogens is 2. The van der Waals surface area contributed by atoms with Gasteiger partial charge in [-0.2, -0.15) is 0 Å². The van der Waals surface area contributed by atoms with Gasteiger partial charge in [0.1, 0.15) is 0 Å². The zero-order chi connectivity index (χ0) is 20.1. The Morgan fingerprint density at radius 3 is 2.46 bits per heavy atom. The van der Waals surface area contributed by atoms with Crippen LogP contribution in [0.25, 0.3) is 11.3 Å². The maximum Gasteiger partial charge on any atom is 0.416 e. The number of benzene rings is 1. The summed E-state index contributed by atoms with van der Waals surface area (Å²) in [4.78, 5) is 21.8. The fourth-order valence-corrected chi connectivity index (χ4v) is 3.73. The number of carbonyl (C=O) groups is 1. The Bertz CT molecular complexity index is 768. The van der Waals surface area contributed by atoms with E-state index < -0.39 is 0 Å². The van der Waals surface area contributed by atoms with E-state index in [0.29, 0.717) is 25.0 Å². The fourth-order valence-electron chi connectivity index (χ4n) is 3.73. The van der Waals surface area contributed by atoms with Crippen molar-refractivity contribution in [2.45, 2.75) is 65.2 Å². The van der Waals surface area contributed by atoms with Gasteiger partial charge in [-0.05, 0) is 42.2 Å². The Balaban J connectivity index is 1.65. The molecule has 5 heteroatoms. The summed E-state index contributed by atoms with van der Waals surface area (Å²) in [6.07, 6.45) is 7.57. The third-order valence-corrected chi connectivity index (χ3v) is 5.58. The van der Waals surface area contributed by atoms with E-state index in [0.717, 1.165) is 24.1 Å². The summed E-state index contributed by atoms with van der Waals surface area (Å²) in [5.41, 5.74) is 3.36. The first-order valence-corrected chi connectivity index (χ1v) is 10.5. The van der Waals surface area contributed by atoms with Crippen molar-refractivity contribution in [1.29, 1.82) is 0 Å². The molecule has 0 saturated heterocycles. The van der Waals surface area contributed by atoms with Crippen LogP contribution in [0.2, 0.25) is 0 Å². The van der Waals surface area contributed by atoms with Gasteiger partial charge in [-0.1, -0.05) is 64.3 Å². The molecule has 0 atom stereocenters. The first-order chi connectivity index (χ1) is 13.4. The molecule has 1 aromatic heterocycles. The van der Waals surface area contributed by atoms with Crippen LogP contribution in [0.15, 0.2) is 30.5 Å². The van der Waals surface area contributed by atoms with Crippen LogP contribution < -0.4 is 4.90 Å². The molecular weight excluding hydrogens is 350 g/mol. The topological polar surface area (TPSA) is 58.2 Å². The molecular formula is C23H33N3O2. The zero-order valence-corrected chi connectivity index (χ0v) is 17.6. The van der Waals surface area contributed by atoms with Gasteiger partial charge in [-0.3, -0.25) is 0 Å². The minimum absolute atomic E-state index is 0.124. The molecule has 5 nitrogen and oxygen atoms in total. The van der Waals surface area contributed by atoms with Gasteiger partial charge in [-0.25, -0.2) is 14.7 Å². The summed E-state index contributed by atoms with van der Waals surface area (Å²) in [5.74, 6) is 1.04. The number of hydrogen-bond acceptors (Lipinski definition) is 3. The summed E-state index contributed by atoms with van der Waals surface area (Å²) >= 11 is 0. The highest BCUT2D eigenvalue weighted by Gasteiger charge is 2.22. The van der Waals surface area contributed by atoms with Crippen LogP contribution >= 0.6 is 0 Å². The predicted octanol–water partition coefficient (Wildman–Crippen LogP) is 5.92. The molecule has 0 bridgehead atoms. The molecule has 1 aromatic carbocycles. The number of carbonyl (C=O) groups excluding carboxylic acids is 1. The van der Waals surface area contributed by atoms with Crippen molar-refractivity contribution in [2.75, 3.05) is 18.1 Å². The minimum Gasteiger partial charge on any atom is -0.449 e. The van der Waals surface area contributed by atoms with E-state index >= 15 is 0 Å². The van der Waals surface area contributed by atoms with Crippen molar-refractivity contribution < 1.29 is 9.53 Å². The molecule has 1 aliphatic rings. The van der Waals surface area contributed by atoms with Crippen molar-refractivity contribution in [3.05, 3.63) is 36.0 Å².